The standard InChI is InChI=1S/C21H24BrCl2N3O4S/c1-4-25-21(29)14(2)26(12-15-6-5-7-16(22)8-15)20(28)13-27(32(3,30)31)19-10-17(23)9-18(24)11-19/h5-11,14H,4,12-13H2,1-3H3,(H,25,29)/t14-/m0/s1. The van der Waals surface area contributed by atoms with Crippen molar-refractivity contribution in [1.29, 1.82) is 0 Å². The zero-order valence-corrected chi connectivity index (χ0v) is 21.7. The highest BCUT2D eigenvalue weighted by Crippen LogP contribution is 2.27. The number of sulfonamides is 1. The largest absolute Gasteiger partial charge is 0.355 e. The lowest BCUT2D eigenvalue weighted by Gasteiger charge is -2.31. The molecule has 1 atom stereocenters. The Hall–Kier alpha value is -1.81. The first kappa shape index (κ1) is 26.4. The van der Waals surface area contributed by atoms with E-state index in [1.54, 1.807) is 13.8 Å². The van der Waals surface area contributed by atoms with E-state index >= 15 is 0 Å². The summed E-state index contributed by atoms with van der Waals surface area (Å²) in [5.74, 6) is -0.891. The number of anilines is 1. The first-order chi connectivity index (χ1) is 14.9. The number of nitrogens with zero attached hydrogens (tertiary/aromatic N) is 2. The van der Waals surface area contributed by atoms with E-state index in [0.29, 0.717) is 6.54 Å². The normalized spacial score (nSPS) is 12.2. The van der Waals surface area contributed by atoms with E-state index in [2.05, 4.69) is 21.2 Å². The summed E-state index contributed by atoms with van der Waals surface area (Å²) in [4.78, 5) is 27.2. The Bertz CT molecular complexity index is 1080. The lowest BCUT2D eigenvalue weighted by Crippen LogP contribution is -2.51. The van der Waals surface area contributed by atoms with Gasteiger partial charge in [0, 0.05) is 27.6 Å². The first-order valence-corrected chi connectivity index (χ1v) is 13.1. The van der Waals surface area contributed by atoms with E-state index in [0.717, 1.165) is 20.6 Å². The van der Waals surface area contributed by atoms with Crippen molar-refractivity contribution in [3.05, 3.63) is 62.5 Å². The highest BCUT2D eigenvalue weighted by Gasteiger charge is 2.30. The van der Waals surface area contributed by atoms with Gasteiger partial charge >= 0.3 is 0 Å². The van der Waals surface area contributed by atoms with Gasteiger partial charge in [-0.25, -0.2) is 8.42 Å². The molecule has 1 N–H and O–H groups in total. The summed E-state index contributed by atoms with van der Waals surface area (Å²) in [5.41, 5.74) is 0.937. The number of amides is 2. The number of rotatable bonds is 9. The van der Waals surface area contributed by atoms with Crippen LogP contribution in [0.25, 0.3) is 0 Å². The van der Waals surface area contributed by atoms with E-state index in [9.17, 15) is 18.0 Å². The minimum Gasteiger partial charge on any atom is -0.355 e. The number of carbonyl (C=O) groups is 2. The van der Waals surface area contributed by atoms with E-state index in [1.807, 2.05) is 24.3 Å². The van der Waals surface area contributed by atoms with E-state index in [1.165, 1.54) is 23.1 Å². The summed E-state index contributed by atoms with van der Waals surface area (Å²) < 4.78 is 26.8. The van der Waals surface area contributed by atoms with Gasteiger partial charge in [-0.05, 0) is 49.7 Å². The lowest BCUT2D eigenvalue weighted by atomic mass is 10.1. The number of hydrogen-bond acceptors (Lipinski definition) is 4. The molecule has 0 unspecified atom stereocenters. The van der Waals surface area contributed by atoms with Crippen LogP contribution in [-0.4, -0.2) is 50.5 Å². The van der Waals surface area contributed by atoms with Gasteiger partial charge in [-0.15, -0.1) is 0 Å². The van der Waals surface area contributed by atoms with Crippen molar-refractivity contribution in [2.24, 2.45) is 0 Å². The molecule has 2 aromatic carbocycles. The minimum atomic E-state index is -3.86. The molecule has 2 aromatic rings. The number of carbonyl (C=O) groups excluding carboxylic acids is 2. The second-order valence-electron chi connectivity index (χ2n) is 7.12. The van der Waals surface area contributed by atoms with Crippen molar-refractivity contribution in [2.75, 3.05) is 23.7 Å². The molecule has 174 valence electrons. The highest BCUT2D eigenvalue weighted by atomic mass is 79.9. The molecule has 0 aliphatic heterocycles. The maximum absolute atomic E-state index is 13.3. The predicted octanol–water partition coefficient (Wildman–Crippen LogP) is 4.08. The molecule has 0 radical (unpaired) electrons. The Morgan fingerprint density at radius 2 is 1.75 bits per heavy atom. The van der Waals surface area contributed by atoms with Crippen LogP contribution in [0.15, 0.2) is 46.9 Å². The number of nitrogens with one attached hydrogen (secondary N) is 1. The molecular formula is C21H24BrCl2N3O4S. The number of halogens is 3. The van der Waals surface area contributed by atoms with Crippen molar-refractivity contribution < 1.29 is 18.0 Å². The van der Waals surface area contributed by atoms with E-state index in [4.69, 9.17) is 23.2 Å². The van der Waals surface area contributed by atoms with Crippen LogP contribution >= 0.6 is 39.1 Å². The van der Waals surface area contributed by atoms with Gasteiger partial charge in [0.1, 0.15) is 12.6 Å². The molecule has 0 bridgehead atoms. The molecule has 7 nitrogen and oxygen atoms in total. The Kier molecular flexibility index (Phi) is 9.39. The van der Waals surface area contributed by atoms with Crippen LogP contribution in [0.5, 0.6) is 0 Å². The van der Waals surface area contributed by atoms with Crippen molar-refractivity contribution in [3.8, 4) is 0 Å². The summed E-state index contributed by atoms with van der Waals surface area (Å²) in [6.45, 7) is 3.37. The molecule has 0 saturated heterocycles. The predicted molar refractivity (Wildman–Crippen MR) is 131 cm³/mol. The van der Waals surface area contributed by atoms with Crippen molar-refractivity contribution in [3.63, 3.8) is 0 Å². The molecule has 0 aliphatic carbocycles. The van der Waals surface area contributed by atoms with Crippen LogP contribution in [0.3, 0.4) is 0 Å². The Labute approximate surface area is 206 Å². The minimum absolute atomic E-state index is 0.116. The third-order valence-electron chi connectivity index (χ3n) is 4.57. The molecule has 0 aromatic heterocycles. The van der Waals surface area contributed by atoms with Gasteiger partial charge in [0.2, 0.25) is 21.8 Å². The average molecular weight is 565 g/mol. The van der Waals surface area contributed by atoms with Crippen molar-refractivity contribution >= 4 is 66.7 Å². The zero-order valence-electron chi connectivity index (χ0n) is 17.8. The molecule has 0 fully saturated rings. The zero-order chi connectivity index (χ0) is 24.1. The summed E-state index contributed by atoms with van der Waals surface area (Å²) in [6.07, 6.45) is 0.987. The van der Waals surface area contributed by atoms with E-state index in [-0.39, 0.29) is 28.2 Å². The molecule has 2 rings (SSSR count). The van der Waals surface area contributed by atoms with Gasteiger partial charge in [-0.2, -0.15) is 0 Å². The fourth-order valence-corrected chi connectivity index (χ4v) is 4.83. The molecule has 32 heavy (non-hydrogen) atoms. The molecule has 2 amide bonds. The summed E-state index contributed by atoms with van der Waals surface area (Å²) >= 11 is 15.5. The van der Waals surface area contributed by atoms with Crippen LogP contribution in [0.1, 0.15) is 19.4 Å². The Morgan fingerprint density at radius 1 is 1.12 bits per heavy atom. The third kappa shape index (κ3) is 7.37. The van der Waals surface area contributed by atoms with Gasteiger partial charge in [-0.1, -0.05) is 51.3 Å². The van der Waals surface area contributed by atoms with Crippen LogP contribution in [0.4, 0.5) is 5.69 Å². The number of hydrogen-bond donors (Lipinski definition) is 1. The Balaban J connectivity index is 2.42. The summed E-state index contributed by atoms with van der Waals surface area (Å²) in [5, 5.41) is 3.16. The van der Waals surface area contributed by atoms with Crippen LogP contribution in [0.2, 0.25) is 10.0 Å². The fourth-order valence-electron chi connectivity index (χ4n) is 3.03. The lowest BCUT2D eigenvalue weighted by molar-refractivity contribution is -0.139. The van der Waals surface area contributed by atoms with Crippen molar-refractivity contribution in [2.45, 2.75) is 26.4 Å². The molecule has 0 aliphatic rings. The van der Waals surface area contributed by atoms with Gasteiger partial charge in [0.05, 0.1) is 11.9 Å². The third-order valence-corrected chi connectivity index (χ3v) is 6.65. The van der Waals surface area contributed by atoms with Crippen LogP contribution < -0.4 is 9.62 Å². The highest BCUT2D eigenvalue weighted by molar-refractivity contribution is 9.10. The molecule has 0 heterocycles. The first-order valence-electron chi connectivity index (χ1n) is 9.67. The van der Waals surface area contributed by atoms with Crippen LogP contribution in [-0.2, 0) is 26.2 Å². The number of benzene rings is 2. The second kappa shape index (κ2) is 11.4. The Morgan fingerprint density at radius 3 is 2.28 bits per heavy atom. The van der Waals surface area contributed by atoms with Crippen molar-refractivity contribution in [1.82, 2.24) is 10.2 Å². The summed E-state index contributed by atoms with van der Waals surface area (Å²) in [6, 6.07) is 10.8. The van der Waals surface area contributed by atoms with Gasteiger partial charge in [0.15, 0.2) is 0 Å². The topological polar surface area (TPSA) is 86.8 Å². The molecule has 0 saturated carbocycles. The van der Waals surface area contributed by atoms with Gasteiger partial charge in [-0.3, -0.25) is 13.9 Å². The SMILES string of the molecule is CCNC(=O)[C@H](C)N(Cc1cccc(Br)c1)C(=O)CN(c1cc(Cl)cc(Cl)c1)S(C)(=O)=O. The fraction of sp³-hybridized carbons (Fsp3) is 0.333. The average Bonchev–Trinajstić information content (AvgIpc) is 2.68. The summed E-state index contributed by atoms with van der Waals surface area (Å²) in [7, 11) is -3.86. The molecule has 11 heteroatoms. The van der Waals surface area contributed by atoms with Gasteiger partial charge < -0.3 is 10.2 Å². The maximum atomic E-state index is 13.3. The number of likely N-dealkylation sites (N-methyl/N-ethyl adjacent to an activating group) is 1. The molecular weight excluding hydrogens is 541 g/mol. The quantitative estimate of drug-likeness (QED) is 0.497. The second-order valence-corrected chi connectivity index (χ2v) is 10.8. The van der Waals surface area contributed by atoms with Crippen LogP contribution in [0, 0.1) is 0 Å². The van der Waals surface area contributed by atoms with Gasteiger partial charge in [0.25, 0.3) is 0 Å². The smallest absolute Gasteiger partial charge is 0.244 e. The maximum Gasteiger partial charge on any atom is 0.244 e. The van der Waals surface area contributed by atoms with E-state index < -0.39 is 28.5 Å². The monoisotopic (exact) mass is 563 g/mol. The molecule has 0 spiro atoms.